The molecule has 0 saturated heterocycles. The van der Waals surface area contributed by atoms with Gasteiger partial charge in [0, 0.05) is 6.21 Å². The van der Waals surface area contributed by atoms with E-state index >= 15 is 0 Å². The Bertz CT molecular complexity index is 329. The Kier molecular flexibility index (Phi) is 5.65. The molecule has 0 atom stereocenters. The van der Waals surface area contributed by atoms with Crippen molar-refractivity contribution >= 4 is 18.2 Å². The van der Waals surface area contributed by atoms with Crippen LogP contribution in [0.25, 0.3) is 0 Å². The Balaban J connectivity index is 4.45. The van der Waals surface area contributed by atoms with E-state index in [-0.39, 0.29) is 17.7 Å². The fourth-order valence-electron chi connectivity index (χ4n) is 0.593. The second-order valence-corrected chi connectivity index (χ2v) is 2.55. The van der Waals surface area contributed by atoms with Crippen molar-refractivity contribution in [1.82, 2.24) is 0 Å². The molecule has 0 fully saturated rings. The van der Waals surface area contributed by atoms with E-state index in [2.05, 4.69) is 11.6 Å². The van der Waals surface area contributed by atoms with Crippen molar-refractivity contribution in [3.63, 3.8) is 0 Å². The van der Waals surface area contributed by atoms with Crippen molar-refractivity contribution in [3.05, 3.63) is 23.9 Å². The van der Waals surface area contributed by atoms with Crippen LogP contribution in [0.5, 0.6) is 0 Å². The van der Waals surface area contributed by atoms with Crippen LogP contribution in [0.3, 0.4) is 0 Å². The average molecular weight is 213 g/mol. The second-order valence-electron chi connectivity index (χ2n) is 2.55. The summed E-state index contributed by atoms with van der Waals surface area (Å²) in [6.07, 6.45) is 2.04. The number of hydrogen-bond donors (Lipinski definition) is 3. The first-order chi connectivity index (χ1) is 6.97. The van der Waals surface area contributed by atoms with E-state index in [4.69, 9.17) is 15.3 Å². The molecular formula is C9H11NO5. The number of aliphatic imine (C=N–C) groups is 1. The molecule has 6 nitrogen and oxygen atoms in total. The summed E-state index contributed by atoms with van der Waals surface area (Å²) < 4.78 is 0. The quantitative estimate of drug-likeness (QED) is 0.426. The molecule has 0 aliphatic carbocycles. The van der Waals surface area contributed by atoms with Crippen molar-refractivity contribution in [2.75, 3.05) is 6.61 Å². The van der Waals surface area contributed by atoms with Gasteiger partial charge in [-0.3, -0.25) is 4.79 Å². The third-order valence-electron chi connectivity index (χ3n) is 1.35. The topological polar surface area (TPSA) is 107 Å². The van der Waals surface area contributed by atoms with Gasteiger partial charge < -0.3 is 15.3 Å². The fourth-order valence-corrected chi connectivity index (χ4v) is 0.593. The van der Waals surface area contributed by atoms with Crippen LogP contribution in [0.4, 0.5) is 0 Å². The zero-order valence-corrected chi connectivity index (χ0v) is 7.88. The lowest BCUT2D eigenvalue weighted by molar-refractivity contribution is -0.136. The monoisotopic (exact) mass is 213 g/mol. The number of carbonyl (C=O) groups is 2. The summed E-state index contributed by atoms with van der Waals surface area (Å²) in [5, 5.41) is 25.5. The highest BCUT2D eigenvalue weighted by molar-refractivity contribution is 5.90. The van der Waals surface area contributed by atoms with Gasteiger partial charge >= 0.3 is 11.9 Å². The molecule has 0 saturated carbocycles. The molecule has 0 aromatic rings. The van der Waals surface area contributed by atoms with Crippen molar-refractivity contribution in [2.45, 2.75) is 6.42 Å². The van der Waals surface area contributed by atoms with Crippen molar-refractivity contribution < 1.29 is 24.9 Å². The van der Waals surface area contributed by atoms with Crippen molar-refractivity contribution in [3.8, 4) is 0 Å². The third-order valence-corrected chi connectivity index (χ3v) is 1.35. The lowest BCUT2D eigenvalue weighted by atomic mass is 10.2. The summed E-state index contributed by atoms with van der Waals surface area (Å²) in [5.74, 6) is -2.33. The van der Waals surface area contributed by atoms with Crippen LogP contribution >= 0.6 is 0 Å². The molecule has 0 unspecified atom stereocenters. The predicted octanol–water partition coefficient (Wildman–Crippen LogP) is 0.0489. The lowest BCUT2D eigenvalue weighted by Crippen LogP contribution is -2.00. The van der Waals surface area contributed by atoms with Gasteiger partial charge in [0.15, 0.2) is 0 Å². The van der Waals surface area contributed by atoms with Gasteiger partial charge in [0.1, 0.15) is 5.70 Å². The van der Waals surface area contributed by atoms with Gasteiger partial charge in [-0.1, -0.05) is 12.7 Å². The maximum atomic E-state index is 10.3. The van der Waals surface area contributed by atoms with Crippen LogP contribution in [0.15, 0.2) is 28.9 Å². The summed E-state index contributed by atoms with van der Waals surface area (Å²) in [7, 11) is 0. The fraction of sp³-hybridized carbons (Fsp3) is 0.222. The smallest absolute Gasteiger partial charge is 0.353 e. The van der Waals surface area contributed by atoms with Gasteiger partial charge in [0.25, 0.3) is 0 Å². The minimum atomic E-state index is -1.28. The van der Waals surface area contributed by atoms with E-state index in [1.165, 1.54) is 6.08 Å². The molecular weight excluding hydrogens is 202 g/mol. The zero-order chi connectivity index (χ0) is 11.8. The van der Waals surface area contributed by atoms with Crippen molar-refractivity contribution in [2.24, 2.45) is 4.99 Å². The molecule has 0 rings (SSSR count). The molecule has 6 heteroatoms. The first-order valence-electron chi connectivity index (χ1n) is 3.95. The van der Waals surface area contributed by atoms with E-state index < -0.39 is 18.5 Å². The SMILES string of the molecule is C=C(N=C/C(=C\CC(=O)O)CO)C(=O)O. The predicted molar refractivity (Wildman–Crippen MR) is 52.7 cm³/mol. The highest BCUT2D eigenvalue weighted by atomic mass is 16.4. The van der Waals surface area contributed by atoms with Crippen LogP contribution in [0.1, 0.15) is 6.42 Å². The number of rotatable bonds is 6. The molecule has 15 heavy (non-hydrogen) atoms. The van der Waals surface area contributed by atoms with E-state index in [1.54, 1.807) is 0 Å². The molecule has 0 spiro atoms. The molecule has 0 aliphatic heterocycles. The minimum absolute atomic E-state index is 0.222. The van der Waals surface area contributed by atoms with Crippen LogP contribution in [0, 0.1) is 0 Å². The summed E-state index contributed by atoms with van der Waals surface area (Å²) in [4.78, 5) is 23.9. The molecule has 82 valence electrons. The van der Waals surface area contributed by atoms with Gasteiger partial charge in [0.2, 0.25) is 0 Å². The number of aliphatic carboxylic acids is 2. The maximum absolute atomic E-state index is 10.3. The number of aliphatic hydroxyl groups is 1. The summed E-state index contributed by atoms with van der Waals surface area (Å²) in [6, 6.07) is 0. The Hall–Kier alpha value is -1.95. The summed E-state index contributed by atoms with van der Waals surface area (Å²) >= 11 is 0. The third kappa shape index (κ3) is 6.17. The number of nitrogens with zero attached hydrogens (tertiary/aromatic N) is 1. The van der Waals surface area contributed by atoms with Crippen LogP contribution in [-0.2, 0) is 9.59 Å². The Morgan fingerprint density at radius 2 is 1.93 bits per heavy atom. The number of carboxylic acid groups (broad SMARTS) is 2. The Labute approximate surface area is 85.9 Å². The molecule has 0 radical (unpaired) electrons. The van der Waals surface area contributed by atoms with Gasteiger partial charge in [-0.05, 0) is 5.57 Å². The van der Waals surface area contributed by atoms with Gasteiger partial charge in [-0.15, -0.1) is 0 Å². The van der Waals surface area contributed by atoms with E-state index in [0.29, 0.717) is 0 Å². The molecule has 0 aromatic heterocycles. The number of carboxylic acids is 2. The van der Waals surface area contributed by atoms with Crippen LogP contribution in [0.2, 0.25) is 0 Å². The average Bonchev–Trinajstić information content (AvgIpc) is 2.17. The molecule has 0 aromatic carbocycles. The number of aliphatic hydroxyl groups excluding tert-OH is 1. The Morgan fingerprint density at radius 1 is 1.33 bits per heavy atom. The second kappa shape index (κ2) is 6.50. The van der Waals surface area contributed by atoms with Gasteiger partial charge in [-0.25, -0.2) is 9.79 Å². The lowest BCUT2D eigenvalue weighted by Gasteiger charge is -1.95. The molecule has 0 bridgehead atoms. The first-order valence-corrected chi connectivity index (χ1v) is 3.95. The van der Waals surface area contributed by atoms with Gasteiger partial charge in [-0.2, -0.15) is 0 Å². The normalized spacial score (nSPS) is 11.7. The largest absolute Gasteiger partial charge is 0.481 e. The molecule has 3 N–H and O–H groups in total. The van der Waals surface area contributed by atoms with Crippen LogP contribution in [-0.4, -0.2) is 40.1 Å². The van der Waals surface area contributed by atoms with Crippen LogP contribution < -0.4 is 0 Å². The summed E-state index contributed by atoms with van der Waals surface area (Å²) in [5.41, 5.74) is -0.163. The minimum Gasteiger partial charge on any atom is -0.481 e. The first kappa shape index (κ1) is 13.1. The molecule has 0 aliphatic rings. The van der Waals surface area contributed by atoms with E-state index in [1.807, 2.05) is 0 Å². The molecule has 0 heterocycles. The standard InChI is InChI=1S/C9H11NO5/c1-6(9(14)15)10-4-7(5-11)2-3-8(12)13/h2,4,11H,1,3,5H2,(H,12,13)(H,14,15)/b7-2+,10-4?. The zero-order valence-electron chi connectivity index (χ0n) is 7.88. The summed E-state index contributed by atoms with van der Waals surface area (Å²) in [6.45, 7) is 2.72. The highest BCUT2D eigenvalue weighted by Gasteiger charge is 2.00. The Morgan fingerprint density at radius 3 is 2.33 bits per heavy atom. The maximum Gasteiger partial charge on any atom is 0.353 e. The molecule has 0 amide bonds. The number of hydrogen-bond acceptors (Lipinski definition) is 4. The van der Waals surface area contributed by atoms with E-state index in [9.17, 15) is 9.59 Å². The van der Waals surface area contributed by atoms with Crippen molar-refractivity contribution in [1.29, 1.82) is 0 Å². The highest BCUT2D eigenvalue weighted by Crippen LogP contribution is 1.97. The van der Waals surface area contributed by atoms with Gasteiger partial charge in [0.05, 0.1) is 13.0 Å². The van der Waals surface area contributed by atoms with E-state index in [0.717, 1.165) is 6.21 Å².